The SMILES string of the molecule is CC(NC(=O)[C@@H]1CCCNC1)c1cn[nH]c1. The van der Waals surface area contributed by atoms with Crippen LogP contribution in [0, 0.1) is 5.92 Å². The number of nitrogens with zero attached hydrogens (tertiary/aromatic N) is 1. The topological polar surface area (TPSA) is 69.8 Å². The van der Waals surface area contributed by atoms with E-state index in [-0.39, 0.29) is 17.9 Å². The van der Waals surface area contributed by atoms with Crippen molar-refractivity contribution in [2.24, 2.45) is 5.92 Å². The molecule has 0 aromatic carbocycles. The summed E-state index contributed by atoms with van der Waals surface area (Å²) in [5.41, 5.74) is 1.01. The van der Waals surface area contributed by atoms with E-state index in [4.69, 9.17) is 0 Å². The van der Waals surface area contributed by atoms with Crippen LogP contribution < -0.4 is 10.6 Å². The van der Waals surface area contributed by atoms with Gasteiger partial charge in [0.1, 0.15) is 0 Å². The van der Waals surface area contributed by atoms with Gasteiger partial charge < -0.3 is 10.6 Å². The molecule has 88 valence electrons. The van der Waals surface area contributed by atoms with Crippen LogP contribution in [0.1, 0.15) is 31.4 Å². The monoisotopic (exact) mass is 222 g/mol. The Morgan fingerprint density at radius 3 is 3.19 bits per heavy atom. The van der Waals surface area contributed by atoms with Gasteiger partial charge in [-0.1, -0.05) is 0 Å². The van der Waals surface area contributed by atoms with Crippen molar-refractivity contribution in [1.29, 1.82) is 0 Å². The predicted molar refractivity (Wildman–Crippen MR) is 60.7 cm³/mol. The van der Waals surface area contributed by atoms with E-state index in [0.717, 1.165) is 31.5 Å². The molecule has 2 rings (SSSR count). The first-order valence-corrected chi connectivity index (χ1v) is 5.77. The van der Waals surface area contributed by atoms with Gasteiger partial charge in [0.2, 0.25) is 5.91 Å². The Kier molecular flexibility index (Phi) is 3.56. The third-order valence-electron chi connectivity index (χ3n) is 3.05. The standard InChI is InChI=1S/C11H18N4O/c1-8(10-6-13-14-7-10)15-11(16)9-3-2-4-12-5-9/h6-9,12H,2-5H2,1H3,(H,13,14)(H,15,16)/t8?,9-/m1/s1. The summed E-state index contributed by atoms with van der Waals surface area (Å²) in [6.07, 6.45) is 5.61. The number of amides is 1. The minimum atomic E-state index is 0.0215. The zero-order valence-electron chi connectivity index (χ0n) is 9.49. The summed E-state index contributed by atoms with van der Waals surface area (Å²) in [5.74, 6) is 0.254. The molecular weight excluding hydrogens is 204 g/mol. The van der Waals surface area contributed by atoms with Gasteiger partial charge in [0, 0.05) is 18.3 Å². The molecule has 0 bridgehead atoms. The molecular formula is C11H18N4O. The molecule has 5 heteroatoms. The van der Waals surface area contributed by atoms with Crippen LogP contribution in [-0.2, 0) is 4.79 Å². The van der Waals surface area contributed by atoms with Crippen molar-refractivity contribution in [1.82, 2.24) is 20.8 Å². The first-order valence-electron chi connectivity index (χ1n) is 5.77. The molecule has 3 N–H and O–H groups in total. The van der Waals surface area contributed by atoms with Gasteiger partial charge in [0.05, 0.1) is 18.2 Å². The number of rotatable bonds is 3. The highest BCUT2D eigenvalue weighted by Crippen LogP contribution is 2.14. The zero-order valence-corrected chi connectivity index (χ0v) is 9.49. The second kappa shape index (κ2) is 5.12. The maximum Gasteiger partial charge on any atom is 0.224 e. The number of hydrogen-bond acceptors (Lipinski definition) is 3. The molecule has 0 radical (unpaired) electrons. The molecule has 1 aliphatic rings. The maximum absolute atomic E-state index is 11.9. The summed E-state index contributed by atoms with van der Waals surface area (Å²) in [5, 5.41) is 12.9. The lowest BCUT2D eigenvalue weighted by atomic mass is 9.98. The van der Waals surface area contributed by atoms with Gasteiger partial charge in [-0.15, -0.1) is 0 Å². The highest BCUT2D eigenvalue weighted by molar-refractivity contribution is 5.79. The first-order chi connectivity index (χ1) is 7.77. The lowest BCUT2D eigenvalue weighted by Crippen LogP contribution is -2.41. The third kappa shape index (κ3) is 2.61. The Hall–Kier alpha value is -1.36. The Morgan fingerprint density at radius 2 is 2.56 bits per heavy atom. The normalized spacial score (nSPS) is 22.7. The quantitative estimate of drug-likeness (QED) is 0.701. The number of nitrogens with one attached hydrogen (secondary N) is 3. The predicted octanol–water partition coefficient (Wildman–Crippen LogP) is 0.586. The van der Waals surface area contributed by atoms with Gasteiger partial charge in [0.25, 0.3) is 0 Å². The van der Waals surface area contributed by atoms with E-state index in [0.29, 0.717) is 0 Å². The highest BCUT2D eigenvalue weighted by atomic mass is 16.2. The summed E-state index contributed by atoms with van der Waals surface area (Å²) < 4.78 is 0. The van der Waals surface area contributed by atoms with Crippen LogP contribution in [0.5, 0.6) is 0 Å². The molecule has 1 amide bonds. The number of piperidine rings is 1. The van der Waals surface area contributed by atoms with Crippen LogP contribution in [-0.4, -0.2) is 29.2 Å². The average molecular weight is 222 g/mol. The van der Waals surface area contributed by atoms with Gasteiger partial charge in [-0.2, -0.15) is 5.10 Å². The summed E-state index contributed by atoms with van der Waals surface area (Å²) in [6, 6.07) is 0.0215. The molecule has 1 aliphatic heterocycles. The summed E-state index contributed by atoms with van der Waals surface area (Å²) in [4.78, 5) is 11.9. The number of hydrogen-bond donors (Lipinski definition) is 3. The van der Waals surface area contributed by atoms with Crippen molar-refractivity contribution in [2.75, 3.05) is 13.1 Å². The minimum Gasteiger partial charge on any atom is -0.349 e. The van der Waals surface area contributed by atoms with Crippen molar-refractivity contribution in [3.8, 4) is 0 Å². The second-order valence-corrected chi connectivity index (χ2v) is 4.31. The molecule has 5 nitrogen and oxygen atoms in total. The van der Waals surface area contributed by atoms with Crippen LogP contribution in [0.3, 0.4) is 0 Å². The van der Waals surface area contributed by atoms with E-state index in [9.17, 15) is 4.79 Å². The van der Waals surface area contributed by atoms with Crippen LogP contribution in [0.2, 0.25) is 0 Å². The molecule has 1 saturated heterocycles. The Balaban J connectivity index is 1.86. The van der Waals surface area contributed by atoms with Gasteiger partial charge in [-0.05, 0) is 26.3 Å². The van der Waals surface area contributed by atoms with E-state index >= 15 is 0 Å². The van der Waals surface area contributed by atoms with Crippen molar-refractivity contribution in [3.05, 3.63) is 18.0 Å². The molecule has 0 spiro atoms. The smallest absolute Gasteiger partial charge is 0.224 e. The van der Waals surface area contributed by atoms with Crippen molar-refractivity contribution < 1.29 is 4.79 Å². The van der Waals surface area contributed by atoms with Crippen molar-refractivity contribution >= 4 is 5.91 Å². The van der Waals surface area contributed by atoms with Crippen molar-refractivity contribution in [2.45, 2.75) is 25.8 Å². The lowest BCUT2D eigenvalue weighted by molar-refractivity contribution is -0.126. The van der Waals surface area contributed by atoms with E-state index in [2.05, 4.69) is 20.8 Å². The van der Waals surface area contributed by atoms with Crippen LogP contribution >= 0.6 is 0 Å². The van der Waals surface area contributed by atoms with E-state index in [1.807, 2.05) is 13.1 Å². The van der Waals surface area contributed by atoms with E-state index in [1.165, 1.54) is 0 Å². The average Bonchev–Trinajstić information content (AvgIpc) is 2.83. The second-order valence-electron chi connectivity index (χ2n) is 4.31. The molecule has 1 unspecified atom stereocenters. The number of aromatic nitrogens is 2. The summed E-state index contributed by atoms with van der Waals surface area (Å²) in [6.45, 7) is 3.80. The largest absolute Gasteiger partial charge is 0.349 e. The third-order valence-corrected chi connectivity index (χ3v) is 3.05. The number of carbonyl (C=O) groups excluding carboxylic acids is 1. The molecule has 1 aromatic rings. The summed E-state index contributed by atoms with van der Waals surface area (Å²) >= 11 is 0. The molecule has 1 aromatic heterocycles. The molecule has 16 heavy (non-hydrogen) atoms. The van der Waals surface area contributed by atoms with Gasteiger partial charge in [-0.3, -0.25) is 9.89 Å². The first kappa shape index (κ1) is 11.1. The molecule has 2 atom stereocenters. The van der Waals surface area contributed by atoms with Crippen LogP contribution in [0.4, 0.5) is 0 Å². The lowest BCUT2D eigenvalue weighted by Gasteiger charge is -2.23. The van der Waals surface area contributed by atoms with Crippen LogP contribution in [0.25, 0.3) is 0 Å². The minimum absolute atomic E-state index is 0.0215. The number of aromatic amines is 1. The van der Waals surface area contributed by atoms with E-state index < -0.39 is 0 Å². The van der Waals surface area contributed by atoms with Crippen LogP contribution in [0.15, 0.2) is 12.4 Å². The fourth-order valence-electron chi connectivity index (χ4n) is 1.99. The van der Waals surface area contributed by atoms with Gasteiger partial charge in [0.15, 0.2) is 0 Å². The Bertz CT molecular complexity index is 330. The number of carbonyl (C=O) groups is 1. The molecule has 0 aliphatic carbocycles. The fraction of sp³-hybridized carbons (Fsp3) is 0.636. The fourth-order valence-corrected chi connectivity index (χ4v) is 1.99. The van der Waals surface area contributed by atoms with Gasteiger partial charge >= 0.3 is 0 Å². The Labute approximate surface area is 95.0 Å². The van der Waals surface area contributed by atoms with Crippen molar-refractivity contribution in [3.63, 3.8) is 0 Å². The molecule has 1 fully saturated rings. The van der Waals surface area contributed by atoms with E-state index in [1.54, 1.807) is 6.20 Å². The maximum atomic E-state index is 11.9. The molecule has 0 saturated carbocycles. The Morgan fingerprint density at radius 1 is 1.69 bits per heavy atom. The highest BCUT2D eigenvalue weighted by Gasteiger charge is 2.22. The zero-order chi connectivity index (χ0) is 11.4. The van der Waals surface area contributed by atoms with Gasteiger partial charge in [-0.25, -0.2) is 0 Å². The number of H-pyrrole nitrogens is 1. The molecule has 2 heterocycles. The summed E-state index contributed by atoms with van der Waals surface area (Å²) in [7, 11) is 0.